The van der Waals surface area contributed by atoms with Gasteiger partial charge in [0.2, 0.25) is 0 Å². The van der Waals surface area contributed by atoms with Crippen molar-refractivity contribution < 1.29 is 8.95 Å². The molecule has 1 aliphatic heterocycles. The summed E-state index contributed by atoms with van der Waals surface area (Å²) >= 11 is 0. The monoisotopic (exact) mass is 190 g/mol. The molecule has 0 aromatic rings. The molecule has 1 saturated heterocycles. The van der Waals surface area contributed by atoms with Crippen LogP contribution in [-0.4, -0.2) is 27.4 Å². The molecule has 1 rings (SSSR count). The largest absolute Gasteiger partial charge is 0.377 e. The molecule has 0 spiro atoms. The van der Waals surface area contributed by atoms with Crippen LogP contribution in [0.3, 0.4) is 0 Å². The quantitative estimate of drug-likeness (QED) is 0.662. The van der Waals surface area contributed by atoms with E-state index in [1.165, 1.54) is 0 Å². The maximum atomic E-state index is 11.7. The third-order valence-electron chi connectivity index (χ3n) is 2.04. The summed E-state index contributed by atoms with van der Waals surface area (Å²) in [7, 11) is -0.752. The van der Waals surface area contributed by atoms with Crippen LogP contribution in [0.2, 0.25) is 0 Å². The molecule has 72 valence electrons. The predicted molar refractivity (Wildman–Crippen MR) is 51.7 cm³/mol. The SMILES string of the molecule is CC(C)(C)[S@@](=O)C[C@@H]1CCCO1. The summed E-state index contributed by atoms with van der Waals surface area (Å²) in [5.41, 5.74) is 0. The molecule has 1 aliphatic rings. The van der Waals surface area contributed by atoms with E-state index < -0.39 is 10.8 Å². The van der Waals surface area contributed by atoms with Gasteiger partial charge in [0, 0.05) is 22.2 Å². The molecular formula is C9H18O2S. The van der Waals surface area contributed by atoms with Crippen molar-refractivity contribution in [1.82, 2.24) is 0 Å². The van der Waals surface area contributed by atoms with Gasteiger partial charge >= 0.3 is 0 Å². The topological polar surface area (TPSA) is 26.3 Å². The lowest BCUT2D eigenvalue weighted by atomic mass is 10.2. The van der Waals surface area contributed by atoms with Gasteiger partial charge in [0.05, 0.1) is 11.9 Å². The summed E-state index contributed by atoms with van der Waals surface area (Å²) < 4.78 is 17.0. The van der Waals surface area contributed by atoms with Crippen LogP contribution < -0.4 is 0 Å². The van der Waals surface area contributed by atoms with Gasteiger partial charge in [-0.15, -0.1) is 0 Å². The van der Waals surface area contributed by atoms with Gasteiger partial charge in [0.25, 0.3) is 0 Å². The lowest BCUT2D eigenvalue weighted by Gasteiger charge is -2.19. The second kappa shape index (κ2) is 3.88. The lowest BCUT2D eigenvalue weighted by molar-refractivity contribution is 0.128. The first-order valence-corrected chi connectivity index (χ1v) is 5.82. The van der Waals surface area contributed by atoms with Gasteiger partial charge in [-0.2, -0.15) is 0 Å². The molecule has 0 aromatic carbocycles. The Kier molecular flexibility index (Phi) is 3.29. The molecule has 0 aromatic heterocycles. The molecule has 3 heteroatoms. The number of ether oxygens (including phenoxy) is 1. The van der Waals surface area contributed by atoms with E-state index in [0.717, 1.165) is 19.4 Å². The van der Waals surface area contributed by atoms with Crippen LogP contribution in [0.5, 0.6) is 0 Å². The van der Waals surface area contributed by atoms with Crippen molar-refractivity contribution in [3.05, 3.63) is 0 Å². The Morgan fingerprint density at radius 2 is 2.17 bits per heavy atom. The summed E-state index contributed by atoms with van der Waals surface area (Å²) in [5, 5.41) is 0. The second-order valence-electron chi connectivity index (χ2n) is 4.26. The Morgan fingerprint density at radius 3 is 2.58 bits per heavy atom. The van der Waals surface area contributed by atoms with E-state index in [9.17, 15) is 4.21 Å². The van der Waals surface area contributed by atoms with E-state index in [-0.39, 0.29) is 10.9 Å². The zero-order valence-corrected chi connectivity index (χ0v) is 8.95. The van der Waals surface area contributed by atoms with Crippen LogP contribution in [-0.2, 0) is 15.5 Å². The number of hydrogen-bond donors (Lipinski definition) is 0. The van der Waals surface area contributed by atoms with Crippen LogP contribution in [0.4, 0.5) is 0 Å². The Hall–Kier alpha value is 0.110. The van der Waals surface area contributed by atoms with Crippen molar-refractivity contribution in [3.8, 4) is 0 Å². The van der Waals surface area contributed by atoms with Crippen LogP contribution in [0.15, 0.2) is 0 Å². The Bertz CT molecular complexity index is 166. The summed E-state index contributed by atoms with van der Waals surface area (Å²) in [6.45, 7) is 6.89. The van der Waals surface area contributed by atoms with Gasteiger partial charge in [-0.05, 0) is 33.6 Å². The molecule has 1 fully saturated rings. The second-order valence-corrected chi connectivity index (χ2v) is 6.51. The van der Waals surface area contributed by atoms with Gasteiger partial charge in [-0.1, -0.05) is 0 Å². The summed E-state index contributed by atoms with van der Waals surface area (Å²) in [6.07, 6.45) is 2.47. The van der Waals surface area contributed by atoms with Gasteiger partial charge in [0.15, 0.2) is 0 Å². The van der Waals surface area contributed by atoms with Crippen molar-refractivity contribution >= 4 is 10.8 Å². The van der Waals surface area contributed by atoms with Gasteiger partial charge in [0.1, 0.15) is 0 Å². The third-order valence-corrected chi connectivity index (χ3v) is 4.08. The Labute approximate surface area is 77.1 Å². The smallest absolute Gasteiger partial charge is 0.0691 e. The van der Waals surface area contributed by atoms with Gasteiger partial charge in [-0.25, -0.2) is 0 Å². The van der Waals surface area contributed by atoms with E-state index in [2.05, 4.69) is 0 Å². The first kappa shape index (κ1) is 10.2. The van der Waals surface area contributed by atoms with E-state index in [1.807, 2.05) is 20.8 Å². The fourth-order valence-corrected chi connectivity index (χ4v) is 2.30. The maximum Gasteiger partial charge on any atom is 0.0691 e. The molecule has 2 nitrogen and oxygen atoms in total. The zero-order chi connectivity index (χ0) is 9.19. The predicted octanol–water partition coefficient (Wildman–Crippen LogP) is 1.71. The van der Waals surface area contributed by atoms with Crippen LogP contribution in [0, 0.1) is 0 Å². The minimum absolute atomic E-state index is 0.0913. The minimum Gasteiger partial charge on any atom is -0.377 e. The van der Waals surface area contributed by atoms with E-state index in [4.69, 9.17) is 4.74 Å². The first-order valence-electron chi connectivity index (χ1n) is 4.50. The molecule has 2 atom stereocenters. The molecular weight excluding hydrogens is 172 g/mol. The van der Waals surface area contributed by atoms with Crippen molar-refractivity contribution in [2.24, 2.45) is 0 Å². The normalized spacial score (nSPS) is 27.4. The Morgan fingerprint density at radius 1 is 1.50 bits per heavy atom. The average molecular weight is 190 g/mol. The number of rotatable bonds is 2. The number of hydrogen-bond acceptors (Lipinski definition) is 2. The van der Waals surface area contributed by atoms with Gasteiger partial charge < -0.3 is 4.74 Å². The first-order chi connectivity index (χ1) is 5.50. The molecule has 12 heavy (non-hydrogen) atoms. The van der Waals surface area contributed by atoms with E-state index in [1.54, 1.807) is 0 Å². The molecule has 0 amide bonds. The molecule has 0 unspecified atom stereocenters. The standard InChI is InChI=1S/C9H18O2S/c1-9(2,3)12(10)7-8-5-4-6-11-8/h8H,4-7H2,1-3H3/t8-,12-/m0/s1. The third kappa shape index (κ3) is 2.87. The molecule has 1 heterocycles. The minimum atomic E-state index is -0.752. The van der Waals surface area contributed by atoms with Crippen molar-refractivity contribution in [2.75, 3.05) is 12.4 Å². The molecule has 0 N–H and O–H groups in total. The zero-order valence-electron chi connectivity index (χ0n) is 8.13. The highest BCUT2D eigenvalue weighted by Crippen LogP contribution is 2.18. The molecule has 0 bridgehead atoms. The Balaban J connectivity index is 2.35. The van der Waals surface area contributed by atoms with E-state index >= 15 is 0 Å². The van der Waals surface area contributed by atoms with Crippen molar-refractivity contribution in [1.29, 1.82) is 0 Å². The maximum absolute atomic E-state index is 11.7. The lowest BCUT2D eigenvalue weighted by Crippen LogP contribution is -2.29. The highest BCUT2D eigenvalue weighted by atomic mass is 32.2. The van der Waals surface area contributed by atoms with Crippen LogP contribution >= 0.6 is 0 Å². The van der Waals surface area contributed by atoms with Crippen LogP contribution in [0.1, 0.15) is 33.6 Å². The molecule has 0 aliphatic carbocycles. The fourth-order valence-electron chi connectivity index (χ4n) is 1.19. The fraction of sp³-hybridized carbons (Fsp3) is 1.00. The van der Waals surface area contributed by atoms with Crippen LogP contribution in [0.25, 0.3) is 0 Å². The van der Waals surface area contributed by atoms with Gasteiger partial charge in [-0.3, -0.25) is 4.21 Å². The molecule has 0 radical (unpaired) electrons. The van der Waals surface area contributed by atoms with E-state index in [0.29, 0.717) is 5.75 Å². The molecule has 0 saturated carbocycles. The van der Waals surface area contributed by atoms with Crippen molar-refractivity contribution in [2.45, 2.75) is 44.5 Å². The summed E-state index contributed by atoms with van der Waals surface area (Å²) in [4.78, 5) is 0. The average Bonchev–Trinajstić information content (AvgIpc) is 2.37. The highest BCUT2D eigenvalue weighted by Gasteiger charge is 2.25. The highest BCUT2D eigenvalue weighted by molar-refractivity contribution is 7.86. The van der Waals surface area contributed by atoms with Crippen molar-refractivity contribution in [3.63, 3.8) is 0 Å². The summed E-state index contributed by atoms with van der Waals surface area (Å²) in [6, 6.07) is 0. The summed E-state index contributed by atoms with van der Waals surface area (Å²) in [5.74, 6) is 0.712.